The third-order valence-electron chi connectivity index (χ3n) is 2.24. The maximum atomic E-state index is 6.07. The Kier molecular flexibility index (Phi) is 4.43. The van der Waals surface area contributed by atoms with Crippen LogP contribution in [0.4, 0.5) is 0 Å². The summed E-state index contributed by atoms with van der Waals surface area (Å²) in [6, 6.07) is 5.91. The Morgan fingerprint density at radius 1 is 1.53 bits per heavy atom. The molecule has 0 saturated heterocycles. The van der Waals surface area contributed by atoms with Gasteiger partial charge in [-0.2, -0.15) is 4.98 Å². The number of aromatic nitrogens is 2. The van der Waals surface area contributed by atoms with Crippen LogP contribution in [0, 0.1) is 3.57 Å². The maximum absolute atomic E-state index is 6.07. The fourth-order valence-electron chi connectivity index (χ4n) is 1.32. The first-order valence-corrected chi connectivity index (χ1v) is 7.35. The van der Waals surface area contributed by atoms with Gasteiger partial charge in [-0.25, -0.2) is 0 Å². The van der Waals surface area contributed by atoms with Gasteiger partial charge in [-0.05, 0) is 47.2 Å². The van der Waals surface area contributed by atoms with Crippen molar-refractivity contribution in [3.8, 4) is 11.5 Å². The second kappa shape index (κ2) is 5.67. The lowest BCUT2D eigenvalue weighted by molar-refractivity contribution is 0.421. The van der Waals surface area contributed by atoms with Crippen molar-refractivity contribution in [2.24, 2.45) is 0 Å². The molecule has 0 radical (unpaired) electrons. The number of alkyl halides is 1. The van der Waals surface area contributed by atoms with E-state index in [-0.39, 0.29) is 5.38 Å². The Balaban J connectivity index is 2.40. The predicted molar refractivity (Wildman–Crippen MR) is 79.0 cm³/mol. The van der Waals surface area contributed by atoms with E-state index in [9.17, 15) is 0 Å². The van der Waals surface area contributed by atoms with Crippen LogP contribution >= 0.6 is 50.1 Å². The molecule has 0 aliphatic heterocycles. The molecule has 1 atom stereocenters. The van der Waals surface area contributed by atoms with E-state index in [2.05, 4.69) is 48.7 Å². The van der Waals surface area contributed by atoms with Gasteiger partial charge in [-0.1, -0.05) is 28.0 Å². The summed E-state index contributed by atoms with van der Waals surface area (Å²) >= 11 is 11.7. The number of hydrogen-bond acceptors (Lipinski definition) is 3. The Hall–Kier alpha value is -0.140. The van der Waals surface area contributed by atoms with Crippen LogP contribution in [0.2, 0.25) is 0 Å². The summed E-state index contributed by atoms with van der Waals surface area (Å²) in [5.74, 6) is 1.05. The van der Waals surface area contributed by atoms with Gasteiger partial charge in [0, 0.05) is 8.04 Å². The van der Waals surface area contributed by atoms with Crippen LogP contribution in [0.5, 0.6) is 0 Å². The molecule has 2 rings (SSSR count). The van der Waals surface area contributed by atoms with Gasteiger partial charge >= 0.3 is 0 Å². The van der Waals surface area contributed by atoms with E-state index in [0.29, 0.717) is 11.7 Å². The highest BCUT2D eigenvalue weighted by Gasteiger charge is 2.16. The molecule has 2 aromatic rings. The molecule has 0 N–H and O–H groups in total. The first kappa shape index (κ1) is 13.3. The molecular weight excluding hydrogens is 418 g/mol. The molecule has 90 valence electrons. The summed E-state index contributed by atoms with van der Waals surface area (Å²) < 4.78 is 7.27. The Morgan fingerprint density at radius 2 is 2.29 bits per heavy atom. The Labute approximate surface area is 126 Å². The van der Waals surface area contributed by atoms with Crippen LogP contribution in [-0.2, 0) is 0 Å². The summed E-state index contributed by atoms with van der Waals surface area (Å²) in [5, 5.41) is 3.70. The molecule has 3 nitrogen and oxygen atoms in total. The third-order valence-corrected chi connectivity index (χ3v) is 4.18. The largest absolute Gasteiger partial charge is 0.334 e. The lowest BCUT2D eigenvalue weighted by Crippen LogP contribution is -1.91. The Morgan fingerprint density at radius 3 is 3.00 bits per heavy atom. The predicted octanol–water partition coefficient (Wildman–Crippen LogP) is 4.79. The molecule has 6 heteroatoms. The zero-order valence-electron chi connectivity index (χ0n) is 8.95. The summed E-state index contributed by atoms with van der Waals surface area (Å²) in [6.45, 7) is 1.98. The second-order valence-corrected chi connectivity index (χ2v) is 6.06. The van der Waals surface area contributed by atoms with Gasteiger partial charge in [0.1, 0.15) is 0 Å². The van der Waals surface area contributed by atoms with Crippen molar-refractivity contribution in [2.45, 2.75) is 18.7 Å². The van der Waals surface area contributed by atoms with Crippen molar-refractivity contribution in [2.75, 3.05) is 0 Å². The quantitative estimate of drug-likeness (QED) is 0.522. The number of nitrogens with zero attached hydrogens (tertiary/aromatic N) is 2. The monoisotopic (exact) mass is 426 g/mol. The molecule has 0 aliphatic carbocycles. The lowest BCUT2D eigenvalue weighted by atomic mass is 10.2. The van der Waals surface area contributed by atoms with Gasteiger partial charge < -0.3 is 4.52 Å². The number of rotatable bonds is 3. The minimum absolute atomic E-state index is 0.197. The summed E-state index contributed by atoms with van der Waals surface area (Å²) in [5.41, 5.74) is 0.915. The maximum Gasteiger partial charge on any atom is 0.259 e. The molecule has 1 aromatic carbocycles. The van der Waals surface area contributed by atoms with Crippen molar-refractivity contribution in [1.82, 2.24) is 10.1 Å². The first-order chi connectivity index (χ1) is 8.11. The zero-order valence-corrected chi connectivity index (χ0v) is 13.5. The van der Waals surface area contributed by atoms with Crippen LogP contribution in [0.1, 0.15) is 24.5 Å². The van der Waals surface area contributed by atoms with E-state index in [1.54, 1.807) is 0 Å². The van der Waals surface area contributed by atoms with Gasteiger partial charge in [0.25, 0.3) is 5.89 Å². The van der Waals surface area contributed by atoms with Gasteiger partial charge in [-0.15, -0.1) is 11.6 Å². The molecule has 1 heterocycles. The third kappa shape index (κ3) is 3.00. The molecule has 17 heavy (non-hydrogen) atoms. The Bertz CT molecular complexity index is 532. The SMILES string of the molecule is CCC(Cl)c1noc(-c2cc(Br)ccc2I)n1. The molecule has 0 amide bonds. The molecule has 0 aliphatic rings. The molecular formula is C11H9BrClIN2O. The molecule has 1 unspecified atom stereocenters. The second-order valence-electron chi connectivity index (χ2n) is 3.46. The first-order valence-electron chi connectivity index (χ1n) is 5.05. The van der Waals surface area contributed by atoms with E-state index in [1.807, 2.05) is 25.1 Å². The van der Waals surface area contributed by atoms with Crippen LogP contribution in [0.25, 0.3) is 11.5 Å². The lowest BCUT2D eigenvalue weighted by Gasteiger charge is -1.99. The van der Waals surface area contributed by atoms with E-state index in [1.165, 1.54) is 0 Å². The summed E-state index contributed by atoms with van der Waals surface area (Å²) in [7, 11) is 0. The van der Waals surface area contributed by atoms with E-state index >= 15 is 0 Å². The van der Waals surface area contributed by atoms with Gasteiger partial charge in [0.05, 0.1) is 10.9 Å². The summed E-state index contributed by atoms with van der Waals surface area (Å²) in [6.07, 6.45) is 0.774. The van der Waals surface area contributed by atoms with Gasteiger partial charge in [0.2, 0.25) is 0 Å². The normalized spacial score (nSPS) is 12.7. The summed E-state index contributed by atoms with van der Waals surface area (Å²) in [4.78, 5) is 4.32. The van der Waals surface area contributed by atoms with E-state index in [4.69, 9.17) is 16.1 Å². The van der Waals surface area contributed by atoms with Crippen LogP contribution < -0.4 is 0 Å². The van der Waals surface area contributed by atoms with Crippen molar-refractivity contribution in [3.05, 3.63) is 32.1 Å². The average molecular weight is 427 g/mol. The molecule has 0 bridgehead atoms. The highest BCUT2D eigenvalue weighted by molar-refractivity contribution is 14.1. The smallest absolute Gasteiger partial charge is 0.259 e. The zero-order chi connectivity index (χ0) is 12.4. The van der Waals surface area contributed by atoms with Crippen LogP contribution in [0.15, 0.2) is 27.2 Å². The van der Waals surface area contributed by atoms with Crippen molar-refractivity contribution in [1.29, 1.82) is 0 Å². The highest BCUT2D eigenvalue weighted by atomic mass is 127. The topological polar surface area (TPSA) is 38.9 Å². The van der Waals surface area contributed by atoms with Gasteiger partial charge in [0.15, 0.2) is 5.82 Å². The number of benzene rings is 1. The van der Waals surface area contributed by atoms with Crippen LogP contribution in [0.3, 0.4) is 0 Å². The van der Waals surface area contributed by atoms with Crippen molar-refractivity contribution in [3.63, 3.8) is 0 Å². The fraction of sp³-hybridized carbons (Fsp3) is 0.273. The van der Waals surface area contributed by atoms with Crippen molar-refractivity contribution < 1.29 is 4.52 Å². The molecule has 1 aromatic heterocycles. The van der Waals surface area contributed by atoms with E-state index < -0.39 is 0 Å². The van der Waals surface area contributed by atoms with Crippen molar-refractivity contribution >= 4 is 50.1 Å². The molecule has 0 saturated carbocycles. The van der Waals surface area contributed by atoms with Crippen LogP contribution in [-0.4, -0.2) is 10.1 Å². The minimum atomic E-state index is -0.197. The highest BCUT2D eigenvalue weighted by Crippen LogP contribution is 2.29. The standard InChI is InChI=1S/C11H9BrClIN2O/c1-2-8(13)10-15-11(17-16-10)7-5-6(12)3-4-9(7)14/h3-5,8H,2H2,1H3. The average Bonchev–Trinajstić information content (AvgIpc) is 2.80. The number of hydrogen-bond donors (Lipinski definition) is 0. The minimum Gasteiger partial charge on any atom is -0.334 e. The van der Waals surface area contributed by atoms with E-state index in [0.717, 1.165) is 20.0 Å². The van der Waals surface area contributed by atoms with Gasteiger partial charge in [-0.3, -0.25) is 0 Å². The number of halogens is 3. The molecule has 0 spiro atoms. The fourth-order valence-corrected chi connectivity index (χ4v) is 2.33. The molecule has 0 fully saturated rings.